The van der Waals surface area contributed by atoms with E-state index in [1.54, 1.807) is 31.6 Å². The number of amides is 1. The number of nitrogens with one attached hydrogen (secondary N) is 1. The molecule has 1 N–H and O–H groups in total. The van der Waals surface area contributed by atoms with Gasteiger partial charge in [-0.2, -0.15) is 0 Å². The van der Waals surface area contributed by atoms with Crippen molar-refractivity contribution in [3.8, 4) is 17.2 Å². The zero-order valence-electron chi connectivity index (χ0n) is 21.0. The molecule has 0 spiro atoms. The van der Waals surface area contributed by atoms with Crippen LogP contribution in [0.4, 0.5) is 10.2 Å². The molecule has 1 aromatic carbocycles. The third kappa shape index (κ3) is 4.31. The van der Waals surface area contributed by atoms with E-state index >= 15 is 0 Å². The maximum atomic E-state index is 14.9. The van der Waals surface area contributed by atoms with Gasteiger partial charge in [0.2, 0.25) is 0 Å². The highest BCUT2D eigenvalue weighted by Crippen LogP contribution is 2.39. The van der Waals surface area contributed by atoms with E-state index in [0.717, 1.165) is 42.8 Å². The first-order valence-corrected chi connectivity index (χ1v) is 12.5. The van der Waals surface area contributed by atoms with Crippen LogP contribution in [0.15, 0.2) is 42.9 Å². The standard InChI is InChI=1S/C27H28FN7O2/c1-15-11-19(28)18(12-23(15)34-13-21(29-14-34)17-7-8-17)27(36)31-24-6-4-5-20(30-24)26-33-32-25-10-9-22(35(25)26)16(2)37-3/h4-6,11-14,16-17,22H,7-10H2,1-3H3,(H,30,31,36)/t16-,22-/m1/s1. The van der Waals surface area contributed by atoms with E-state index in [4.69, 9.17) is 4.74 Å². The van der Waals surface area contributed by atoms with Gasteiger partial charge in [-0.05, 0) is 62.9 Å². The summed E-state index contributed by atoms with van der Waals surface area (Å²) in [7, 11) is 1.69. The van der Waals surface area contributed by atoms with Crippen molar-refractivity contribution in [1.29, 1.82) is 0 Å². The van der Waals surface area contributed by atoms with Gasteiger partial charge in [-0.15, -0.1) is 10.2 Å². The fraction of sp³-hybridized carbons (Fsp3) is 0.370. The van der Waals surface area contributed by atoms with Gasteiger partial charge in [0.15, 0.2) is 5.82 Å². The second-order valence-electron chi connectivity index (χ2n) is 9.82. The van der Waals surface area contributed by atoms with Crippen molar-refractivity contribution >= 4 is 11.7 Å². The number of benzene rings is 1. The number of pyridine rings is 1. The van der Waals surface area contributed by atoms with Crippen LogP contribution in [0.5, 0.6) is 0 Å². The molecule has 1 saturated carbocycles. The summed E-state index contributed by atoms with van der Waals surface area (Å²) in [4.78, 5) is 22.2. The Labute approximate surface area is 213 Å². The number of fused-ring (bicyclic) bond motifs is 1. The predicted molar refractivity (Wildman–Crippen MR) is 135 cm³/mol. The van der Waals surface area contributed by atoms with Crippen LogP contribution in [0.1, 0.15) is 65.6 Å². The second kappa shape index (κ2) is 9.19. The number of hydrogen-bond donors (Lipinski definition) is 1. The van der Waals surface area contributed by atoms with Gasteiger partial charge in [0, 0.05) is 25.6 Å². The molecule has 0 radical (unpaired) electrons. The van der Waals surface area contributed by atoms with Gasteiger partial charge in [-0.25, -0.2) is 14.4 Å². The second-order valence-corrected chi connectivity index (χ2v) is 9.82. The molecule has 1 aliphatic carbocycles. The molecule has 1 fully saturated rings. The van der Waals surface area contributed by atoms with Crippen LogP contribution in [0.2, 0.25) is 0 Å². The number of aromatic nitrogens is 6. The number of hydrogen-bond acceptors (Lipinski definition) is 6. The first kappa shape index (κ1) is 23.5. The first-order valence-electron chi connectivity index (χ1n) is 12.5. The Balaban J connectivity index is 1.27. The molecular formula is C27H28FN7O2. The molecule has 2 aliphatic rings. The molecule has 1 aliphatic heterocycles. The average Bonchev–Trinajstić information content (AvgIpc) is 3.27. The Morgan fingerprint density at radius 3 is 2.84 bits per heavy atom. The number of methoxy groups -OCH3 is 1. The van der Waals surface area contributed by atoms with Crippen LogP contribution in [0.3, 0.4) is 0 Å². The van der Waals surface area contributed by atoms with E-state index in [0.29, 0.717) is 28.9 Å². The summed E-state index contributed by atoms with van der Waals surface area (Å²) in [6.45, 7) is 3.84. The zero-order chi connectivity index (χ0) is 25.7. The lowest BCUT2D eigenvalue weighted by Crippen LogP contribution is -2.21. The molecule has 3 aromatic heterocycles. The van der Waals surface area contributed by atoms with Gasteiger partial charge in [-0.3, -0.25) is 4.79 Å². The molecule has 0 unspecified atom stereocenters. The summed E-state index contributed by atoms with van der Waals surface area (Å²) < 4.78 is 24.4. The number of anilines is 1. The molecule has 1 amide bonds. The molecular weight excluding hydrogens is 473 g/mol. The van der Waals surface area contributed by atoms with Crippen molar-refractivity contribution in [2.24, 2.45) is 0 Å². The molecule has 2 atom stereocenters. The van der Waals surface area contributed by atoms with E-state index in [1.807, 2.05) is 30.7 Å². The molecule has 190 valence electrons. The number of halogens is 1. The summed E-state index contributed by atoms with van der Waals surface area (Å²) in [5.74, 6) is 1.14. The lowest BCUT2D eigenvalue weighted by Gasteiger charge is -2.21. The molecule has 9 nitrogen and oxygen atoms in total. The Morgan fingerprint density at radius 2 is 2.05 bits per heavy atom. The molecule has 4 aromatic rings. The Hall–Kier alpha value is -3.92. The van der Waals surface area contributed by atoms with E-state index in [2.05, 4.69) is 30.0 Å². The maximum absolute atomic E-state index is 14.9. The quantitative estimate of drug-likeness (QED) is 0.397. The predicted octanol–water partition coefficient (Wildman–Crippen LogP) is 4.63. The fourth-order valence-corrected chi connectivity index (χ4v) is 5.01. The molecule has 4 heterocycles. The lowest BCUT2D eigenvalue weighted by atomic mass is 10.1. The minimum Gasteiger partial charge on any atom is -0.380 e. The monoisotopic (exact) mass is 501 g/mol. The number of carbonyl (C=O) groups is 1. The fourth-order valence-electron chi connectivity index (χ4n) is 5.01. The topological polar surface area (TPSA) is 99.8 Å². The zero-order valence-corrected chi connectivity index (χ0v) is 21.0. The molecule has 10 heteroatoms. The third-order valence-electron chi connectivity index (χ3n) is 7.30. The summed E-state index contributed by atoms with van der Waals surface area (Å²) in [6, 6.07) is 8.31. The van der Waals surface area contributed by atoms with Crippen LogP contribution in [0.25, 0.3) is 17.2 Å². The van der Waals surface area contributed by atoms with Crippen molar-refractivity contribution in [3.05, 3.63) is 71.3 Å². The summed E-state index contributed by atoms with van der Waals surface area (Å²) in [5.41, 5.74) is 2.96. The number of nitrogens with zero attached hydrogens (tertiary/aromatic N) is 6. The molecule has 37 heavy (non-hydrogen) atoms. The largest absolute Gasteiger partial charge is 0.380 e. The SMILES string of the molecule is CO[C@H](C)[C@H]1CCc2nnc(-c3cccc(NC(=O)c4cc(-n5cnc(C6CC6)c5)c(C)cc4F)n3)n21. The summed E-state index contributed by atoms with van der Waals surface area (Å²) >= 11 is 0. The third-order valence-corrected chi connectivity index (χ3v) is 7.30. The van der Waals surface area contributed by atoms with Gasteiger partial charge < -0.3 is 19.2 Å². The summed E-state index contributed by atoms with van der Waals surface area (Å²) in [6.07, 6.45) is 7.68. The minimum atomic E-state index is -0.593. The van der Waals surface area contributed by atoms with Crippen LogP contribution in [-0.2, 0) is 11.2 Å². The maximum Gasteiger partial charge on any atom is 0.259 e. The average molecular weight is 502 g/mol. The van der Waals surface area contributed by atoms with Crippen LogP contribution >= 0.6 is 0 Å². The first-order chi connectivity index (χ1) is 17.9. The smallest absolute Gasteiger partial charge is 0.259 e. The number of carbonyl (C=O) groups excluding carboxylic acids is 1. The normalized spacial score (nSPS) is 17.6. The summed E-state index contributed by atoms with van der Waals surface area (Å²) in [5, 5.41) is 11.4. The van der Waals surface area contributed by atoms with Crippen molar-refractivity contribution in [2.45, 2.75) is 57.6 Å². The van der Waals surface area contributed by atoms with Crippen LogP contribution in [0, 0.1) is 12.7 Å². The minimum absolute atomic E-state index is 0.00607. The Bertz CT molecular complexity index is 1490. The van der Waals surface area contributed by atoms with E-state index in [1.165, 1.54) is 6.07 Å². The molecule has 0 saturated heterocycles. The number of aryl methyl sites for hydroxylation is 2. The van der Waals surface area contributed by atoms with E-state index in [9.17, 15) is 9.18 Å². The highest BCUT2D eigenvalue weighted by atomic mass is 19.1. The van der Waals surface area contributed by atoms with Gasteiger partial charge in [0.05, 0.1) is 35.4 Å². The van der Waals surface area contributed by atoms with Crippen molar-refractivity contribution < 1.29 is 13.9 Å². The number of imidazole rings is 1. The molecule has 6 rings (SSSR count). The Morgan fingerprint density at radius 1 is 1.22 bits per heavy atom. The number of rotatable bonds is 7. The van der Waals surface area contributed by atoms with Crippen molar-refractivity contribution in [1.82, 2.24) is 29.3 Å². The van der Waals surface area contributed by atoms with Crippen molar-refractivity contribution in [2.75, 3.05) is 12.4 Å². The van der Waals surface area contributed by atoms with Gasteiger partial charge in [-0.1, -0.05) is 6.07 Å². The van der Waals surface area contributed by atoms with Gasteiger partial charge in [0.25, 0.3) is 5.91 Å². The number of ether oxygens (including phenoxy) is 1. The van der Waals surface area contributed by atoms with Gasteiger partial charge >= 0.3 is 0 Å². The van der Waals surface area contributed by atoms with Crippen molar-refractivity contribution in [3.63, 3.8) is 0 Å². The van der Waals surface area contributed by atoms with Gasteiger partial charge in [0.1, 0.15) is 23.2 Å². The highest BCUT2D eigenvalue weighted by Gasteiger charge is 2.32. The highest BCUT2D eigenvalue weighted by molar-refractivity contribution is 6.04. The van der Waals surface area contributed by atoms with E-state index < -0.39 is 11.7 Å². The van der Waals surface area contributed by atoms with Crippen LogP contribution in [-0.4, -0.2) is 48.4 Å². The van der Waals surface area contributed by atoms with Crippen LogP contribution < -0.4 is 5.32 Å². The lowest BCUT2D eigenvalue weighted by molar-refractivity contribution is 0.0744. The Kier molecular flexibility index (Phi) is 5.83. The van der Waals surface area contributed by atoms with E-state index in [-0.39, 0.29) is 17.7 Å². The molecule has 0 bridgehead atoms.